The van der Waals surface area contributed by atoms with Gasteiger partial charge in [-0.3, -0.25) is 9.05 Å². The standard InChI is InChI=1S/C29H53INO5P/c1-31(2,3)23-27-36-37(32,33)35-26-17-25-34-24-16-14-12-10-8-6-4-5-7-9-11-13-15-18-28-19-21-29(30)22-20-28/h19-22H,4-18,23-27H2,1-3H3/p+1/i30-2. The molecule has 1 aromatic carbocycles. The summed E-state index contributed by atoms with van der Waals surface area (Å²) in [6, 6.07) is 8.94. The van der Waals surface area contributed by atoms with Gasteiger partial charge in [0.1, 0.15) is 13.2 Å². The van der Waals surface area contributed by atoms with Crippen molar-refractivity contribution in [1.29, 1.82) is 0 Å². The van der Waals surface area contributed by atoms with E-state index in [0.29, 0.717) is 24.1 Å². The number of unbranched alkanes of at least 4 members (excludes halogenated alkanes) is 12. The molecule has 0 aliphatic heterocycles. The summed E-state index contributed by atoms with van der Waals surface area (Å²) in [7, 11) is 2.06. The molecule has 1 rings (SSSR count). The first-order valence-electron chi connectivity index (χ1n) is 14.4. The molecule has 0 aliphatic carbocycles. The van der Waals surface area contributed by atoms with Gasteiger partial charge in [0.15, 0.2) is 0 Å². The first-order chi connectivity index (χ1) is 17.7. The lowest BCUT2D eigenvalue weighted by molar-refractivity contribution is -0.870. The summed E-state index contributed by atoms with van der Waals surface area (Å²) in [5.41, 5.74) is 1.48. The second-order valence-electron chi connectivity index (χ2n) is 11.1. The number of hydrogen-bond acceptors (Lipinski definition) is 4. The van der Waals surface area contributed by atoms with Gasteiger partial charge in [-0.15, -0.1) is 0 Å². The molecule has 0 spiro atoms. The van der Waals surface area contributed by atoms with Crippen LogP contribution in [0.1, 0.15) is 95.5 Å². The van der Waals surface area contributed by atoms with Gasteiger partial charge in [0.25, 0.3) is 0 Å². The summed E-state index contributed by atoms with van der Waals surface area (Å²) in [5.74, 6) is 0. The Bertz CT molecular complexity index is 711. The summed E-state index contributed by atoms with van der Waals surface area (Å²) in [6.07, 6.45) is 19.1. The lowest BCUT2D eigenvalue weighted by Gasteiger charge is -2.24. The van der Waals surface area contributed by atoms with Crippen LogP contribution in [0.4, 0.5) is 0 Å². The number of quaternary nitrogens is 1. The van der Waals surface area contributed by atoms with Crippen LogP contribution < -0.4 is 0 Å². The van der Waals surface area contributed by atoms with Gasteiger partial charge < -0.3 is 14.1 Å². The number of nitrogens with zero attached hydrogens (tertiary/aromatic N) is 1. The Labute approximate surface area is 241 Å². The summed E-state index contributed by atoms with van der Waals surface area (Å²) in [4.78, 5) is 9.66. The summed E-state index contributed by atoms with van der Waals surface area (Å²) in [5, 5.41) is 0. The molecule has 6 nitrogen and oxygen atoms in total. The van der Waals surface area contributed by atoms with Crippen molar-refractivity contribution in [1.82, 2.24) is 0 Å². The van der Waals surface area contributed by atoms with Gasteiger partial charge >= 0.3 is 7.82 Å². The molecule has 1 aromatic rings. The van der Waals surface area contributed by atoms with E-state index < -0.39 is 7.82 Å². The van der Waals surface area contributed by atoms with Gasteiger partial charge in [0.2, 0.25) is 0 Å². The number of phosphoric acid groups is 1. The molecule has 0 heterocycles. The molecular weight excluding hydrogens is 598 g/mol. The highest BCUT2D eigenvalue weighted by molar-refractivity contribution is 14.1. The van der Waals surface area contributed by atoms with E-state index in [2.05, 4.69) is 46.9 Å². The zero-order valence-electron chi connectivity index (χ0n) is 23.8. The van der Waals surface area contributed by atoms with Gasteiger partial charge in [-0.25, -0.2) is 4.57 Å². The molecule has 1 N–H and O–H groups in total. The highest BCUT2D eigenvalue weighted by atomic mass is 125. The Kier molecular flexibility index (Phi) is 20.6. The molecule has 0 fully saturated rings. The zero-order chi connectivity index (χ0) is 27.2. The van der Waals surface area contributed by atoms with Crippen molar-refractivity contribution in [3.05, 3.63) is 33.4 Å². The zero-order valence-corrected chi connectivity index (χ0v) is 26.9. The molecule has 37 heavy (non-hydrogen) atoms. The predicted molar refractivity (Wildman–Crippen MR) is 163 cm³/mol. The van der Waals surface area contributed by atoms with Gasteiger partial charge in [0, 0.05) is 16.8 Å². The van der Waals surface area contributed by atoms with Crippen molar-refractivity contribution >= 4 is 30.4 Å². The minimum Gasteiger partial charge on any atom is -0.381 e. The average molecular weight is 653 g/mol. The van der Waals surface area contributed by atoms with Gasteiger partial charge in [-0.2, -0.15) is 0 Å². The van der Waals surface area contributed by atoms with E-state index >= 15 is 0 Å². The third kappa shape index (κ3) is 23.6. The molecule has 1 atom stereocenters. The first kappa shape index (κ1) is 35.0. The smallest absolute Gasteiger partial charge is 0.381 e. The van der Waals surface area contributed by atoms with E-state index in [1.807, 2.05) is 21.1 Å². The van der Waals surface area contributed by atoms with Crippen LogP contribution in [-0.2, 0) is 24.8 Å². The minimum atomic E-state index is -3.95. The summed E-state index contributed by atoms with van der Waals surface area (Å²) >= 11 is 2.36. The molecule has 0 aromatic heterocycles. The van der Waals surface area contributed by atoms with E-state index in [4.69, 9.17) is 13.8 Å². The molecule has 0 amide bonds. The molecule has 0 radical (unpaired) electrons. The quantitative estimate of drug-likeness (QED) is 0.0500. The van der Waals surface area contributed by atoms with Crippen LogP contribution in [0, 0.1) is 3.57 Å². The topological polar surface area (TPSA) is 65.0 Å². The predicted octanol–water partition coefficient (Wildman–Crippen LogP) is 8.15. The molecule has 8 heteroatoms. The van der Waals surface area contributed by atoms with Crippen molar-refractivity contribution in [3.63, 3.8) is 0 Å². The highest BCUT2D eigenvalue weighted by Crippen LogP contribution is 2.43. The summed E-state index contributed by atoms with van der Waals surface area (Å²) in [6.45, 7) is 2.31. The minimum absolute atomic E-state index is 0.173. The number of likely N-dealkylation sites (N-methyl/N-ethyl adjacent to an activating group) is 1. The maximum atomic E-state index is 11.8. The molecule has 0 aliphatic rings. The Morgan fingerprint density at radius 1 is 0.676 bits per heavy atom. The maximum Gasteiger partial charge on any atom is 0.472 e. The third-order valence-corrected chi connectivity index (χ3v) is 8.11. The number of phosphoric ester groups is 1. The number of ether oxygens (including phenoxy) is 1. The molecule has 216 valence electrons. The van der Waals surface area contributed by atoms with Crippen LogP contribution in [0.5, 0.6) is 0 Å². The summed E-state index contributed by atoms with van der Waals surface area (Å²) < 4.78 is 29.4. The number of aryl methyl sites for hydroxylation is 1. The van der Waals surface area contributed by atoms with Gasteiger partial charge in [-0.1, -0.05) is 82.8 Å². The fraction of sp³-hybridized carbons (Fsp3) is 0.793. The molecule has 0 saturated carbocycles. The Morgan fingerprint density at radius 2 is 1.14 bits per heavy atom. The van der Waals surface area contributed by atoms with Crippen LogP contribution in [0.3, 0.4) is 0 Å². The largest absolute Gasteiger partial charge is 0.472 e. The lowest BCUT2D eigenvalue weighted by atomic mass is 10.0. The number of hydrogen-bond donors (Lipinski definition) is 1. The van der Waals surface area contributed by atoms with Crippen molar-refractivity contribution in [2.45, 2.75) is 96.3 Å². The van der Waals surface area contributed by atoms with Crippen LogP contribution in [0.25, 0.3) is 0 Å². The molecule has 1 unspecified atom stereocenters. The second kappa shape index (κ2) is 21.8. The number of benzene rings is 1. The number of halogens is 1. The fourth-order valence-corrected chi connectivity index (χ4v) is 5.15. The third-order valence-electron chi connectivity index (χ3n) is 6.37. The van der Waals surface area contributed by atoms with Crippen LogP contribution in [0.2, 0.25) is 0 Å². The average Bonchev–Trinajstić information content (AvgIpc) is 2.83. The Hall–Kier alpha value is -0.0200. The van der Waals surface area contributed by atoms with Crippen LogP contribution in [-0.4, -0.2) is 63.5 Å². The monoisotopic (exact) mass is 652 g/mol. The van der Waals surface area contributed by atoms with Crippen LogP contribution >= 0.6 is 30.4 Å². The maximum absolute atomic E-state index is 11.8. The van der Waals surface area contributed by atoms with E-state index in [1.165, 1.54) is 92.6 Å². The van der Waals surface area contributed by atoms with Crippen molar-refractivity contribution < 1.29 is 27.7 Å². The van der Waals surface area contributed by atoms with Crippen molar-refractivity contribution in [2.24, 2.45) is 0 Å². The van der Waals surface area contributed by atoms with Gasteiger partial charge in [-0.05, 0) is 66.0 Å². The fourth-order valence-electron chi connectivity index (χ4n) is 4.04. The van der Waals surface area contributed by atoms with E-state index in [0.717, 1.165) is 13.0 Å². The SMILES string of the molecule is C[N+](C)(C)CCOP(=O)(O)OCCCOCCCCCCCCCCCCCCCc1ccc([125I])cc1. The second-order valence-corrected chi connectivity index (χ2v) is 13.8. The molecule has 0 bridgehead atoms. The molecule has 0 saturated heterocycles. The van der Waals surface area contributed by atoms with Crippen molar-refractivity contribution in [3.8, 4) is 0 Å². The molecular formula is C29H54INO5P+. The first-order valence-corrected chi connectivity index (χ1v) is 17.0. The number of rotatable bonds is 25. The Balaban J connectivity index is 1.75. The van der Waals surface area contributed by atoms with E-state index in [1.54, 1.807) is 0 Å². The highest BCUT2D eigenvalue weighted by Gasteiger charge is 2.22. The van der Waals surface area contributed by atoms with E-state index in [-0.39, 0.29) is 13.2 Å². The Morgan fingerprint density at radius 3 is 1.68 bits per heavy atom. The van der Waals surface area contributed by atoms with Gasteiger partial charge in [0.05, 0.1) is 27.7 Å². The normalized spacial score (nSPS) is 13.6. The van der Waals surface area contributed by atoms with Crippen LogP contribution in [0.15, 0.2) is 24.3 Å². The lowest BCUT2D eigenvalue weighted by Crippen LogP contribution is -2.37. The van der Waals surface area contributed by atoms with E-state index in [9.17, 15) is 9.46 Å². The van der Waals surface area contributed by atoms with Crippen molar-refractivity contribution in [2.75, 3.05) is 54.1 Å².